The summed E-state index contributed by atoms with van der Waals surface area (Å²) in [4.78, 5) is 25.5. The first-order valence-corrected chi connectivity index (χ1v) is 7.40. The summed E-state index contributed by atoms with van der Waals surface area (Å²) >= 11 is 1.28. The smallest absolute Gasteiger partial charge is 0.320 e. The number of aromatic nitrogens is 1. The largest absolute Gasteiger partial charge is 0.480 e. The van der Waals surface area contributed by atoms with Gasteiger partial charge in [0.2, 0.25) is 0 Å². The maximum atomic E-state index is 11.4. The van der Waals surface area contributed by atoms with Gasteiger partial charge in [0.15, 0.2) is 0 Å². The number of rotatable bonds is 5. The first kappa shape index (κ1) is 15.3. The molecule has 112 valence electrons. The fourth-order valence-electron chi connectivity index (χ4n) is 2.35. The standard InChI is InChI=1S/C13H15N3O4S/c1-6-7(5-8(14)13(17)18)11-9(15-6)3-4-10(21-2)12(11)16(19)20/h3-4,8,15H,5,14H2,1-2H3,(H,17,18). The van der Waals surface area contributed by atoms with Crippen molar-refractivity contribution in [3.8, 4) is 0 Å². The lowest BCUT2D eigenvalue weighted by atomic mass is 10.0. The van der Waals surface area contributed by atoms with Crippen LogP contribution in [-0.2, 0) is 11.2 Å². The Morgan fingerprint density at radius 3 is 2.76 bits per heavy atom. The van der Waals surface area contributed by atoms with Crippen LogP contribution in [0.3, 0.4) is 0 Å². The Labute approximate surface area is 124 Å². The molecule has 21 heavy (non-hydrogen) atoms. The van der Waals surface area contributed by atoms with Crippen LogP contribution in [0, 0.1) is 17.0 Å². The Bertz CT molecular complexity index is 726. The van der Waals surface area contributed by atoms with Gasteiger partial charge in [-0.15, -0.1) is 11.8 Å². The van der Waals surface area contributed by atoms with E-state index in [9.17, 15) is 14.9 Å². The molecule has 0 radical (unpaired) electrons. The fraction of sp³-hybridized carbons (Fsp3) is 0.308. The van der Waals surface area contributed by atoms with Gasteiger partial charge in [0.25, 0.3) is 5.69 Å². The van der Waals surface area contributed by atoms with Crippen LogP contribution in [0.25, 0.3) is 10.9 Å². The molecule has 0 fully saturated rings. The Kier molecular flexibility index (Phi) is 4.19. The number of hydrogen-bond acceptors (Lipinski definition) is 5. The highest BCUT2D eigenvalue weighted by Crippen LogP contribution is 2.38. The molecule has 7 nitrogen and oxygen atoms in total. The lowest BCUT2D eigenvalue weighted by Gasteiger charge is -2.07. The van der Waals surface area contributed by atoms with Crippen molar-refractivity contribution in [3.05, 3.63) is 33.5 Å². The zero-order valence-corrected chi connectivity index (χ0v) is 12.4. The van der Waals surface area contributed by atoms with Crippen LogP contribution in [-0.4, -0.2) is 33.3 Å². The van der Waals surface area contributed by atoms with E-state index in [0.717, 1.165) is 0 Å². The summed E-state index contributed by atoms with van der Waals surface area (Å²) in [7, 11) is 0. The number of fused-ring (bicyclic) bond motifs is 1. The Morgan fingerprint density at radius 2 is 2.24 bits per heavy atom. The predicted octanol–water partition coefficient (Wildman–Crippen LogP) is 2.06. The number of thioether (sulfide) groups is 1. The number of carboxylic acid groups (broad SMARTS) is 1. The Morgan fingerprint density at radius 1 is 1.57 bits per heavy atom. The van der Waals surface area contributed by atoms with Crippen LogP contribution in [0.5, 0.6) is 0 Å². The summed E-state index contributed by atoms with van der Waals surface area (Å²) in [6.45, 7) is 1.76. The number of aliphatic carboxylic acids is 1. The van der Waals surface area contributed by atoms with Crippen molar-refractivity contribution in [2.45, 2.75) is 24.3 Å². The molecular weight excluding hydrogens is 294 g/mol. The number of carboxylic acids is 1. The van der Waals surface area contributed by atoms with E-state index in [1.54, 1.807) is 25.3 Å². The maximum Gasteiger partial charge on any atom is 0.320 e. The number of nitrogens with two attached hydrogens (primary N) is 1. The average Bonchev–Trinajstić information content (AvgIpc) is 2.73. The van der Waals surface area contributed by atoms with Crippen LogP contribution in [0.15, 0.2) is 17.0 Å². The van der Waals surface area contributed by atoms with Gasteiger partial charge in [0, 0.05) is 12.1 Å². The molecule has 4 N–H and O–H groups in total. The van der Waals surface area contributed by atoms with Gasteiger partial charge in [-0.25, -0.2) is 0 Å². The van der Waals surface area contributed by atoms with Gasteiger partial charge in [-0.3, -0.25) is 14.9 Å². The molecule has 0 bridgehead atoms. The molecule has 0 amide bonds. The van der Waals surface area contributed by atoms with Crippen molar-refractivity contribution >= 4 is 34.3 Å². The van der Waals surface area contributed by atoms with Gasteiger partial charge in [-0.2, -0.15) is 0 Å². The first-order valence-electron chi connectivity index (χ1n) is 6.17. The topological polar surface area (TPSA) is 122 Å². The second-order valence-corrected chi connectivity index (χ2v) is 5.52. The van der Waals surface area contributed by atoms with Crippen LogP contribution in [0.4, 0.5) is 5.69 Å². The number of aryl methyl sites for hydroxylation is 1. The van der Waals surface area contributed by atoms with Crippen molar-refractivity contribution in [1.82, 2.24) is 4.98 Å². The van der Waals surface area contributed by atoms with Crippen molar-refractivity contribution in [2.75, 3.05) is 6.26 Å². The summed E-state index contributed by atoms with van der Waals surface area (Å²) in [6, 6.07) is 2.35. The number of nitrogens with one attached hydrogen (secondary N) is 1. The van der Waals surface area contributed by atoms with E-state index in [4.69, 9.17) is 10.8 Å². The third-order valence-electron chi connectivity index (χ3n) is 3.36. The molecule has 2 rings (SSSR count). The van der Waals surface area contributed by atoms with Gasteiger partial charge in [0.1, 0.15) is 6.04 Å². The third-order valence-corrected chi connectivity index (χ3v) is 4.13. The summed E-state index contributed by atoms with van der Waals surface area (Å²) in [5, 5.41) is 20.8. The average molecular weight is 309 g/mol. The molecule has 1 unspecified atom stereocenters. The highest BCUT2D eigenvalue weighted by Gasteiger charge is 2.25. The van der Waals surface area contributed by atoms with Crippen LogP contribution in [0.2, 0.25) is 0 Å². The van der Waals surface area contributed by atoms with E-state index in [-0.39, 0.29) is 12.1 Å². The van der Waals surface area contributed by atoms with E-state index in [2.05, 4.69) is 4.98 Å². The number of benzene rings is 1. The number of carbonyl (C=O) groups is 1. The molecule has 0 saturated heterocycles. The number of hydrogen-bond donors (Lipinski definition) is 3. The molecule has 1 aromatic carbocycles. The molecule has 0 aliphatic carbocycles. The molecule has 2 aromatic rings. The van der Waals surface area contributed by atoms with E-state index >= 15 is 0 Å². The molecule has 0 saturated carbocycles. The lowest BCUT2D eigenvalue weighted by molar-refractivity contribution is -0.385. The minimum Gasteiger partial charge on any atom is -0.480 e. The van der Waals surface area contributed by atoms with Crippen LogP contribution in [0.1, 0.15) is 11.3 Å². The third kappa shape index (κ3) is 2.72. The highest BCUT2D eigenvalue weighted by atomic mass is 32.2. The molecule has 1 atom stereocenters. The predicted molar refractivity (Wildman–Crippen MR) is 80.8 cm³/mol. The molecule has 8 heteroatoms. The van der Waals surface area contributed by atoms with E-state index < -0.39 is 16.9 Å². The van der Waals surface area contributed by atoms with E-state index in [1.165, 1.54) is 11.8 Å². The monoisotopic (exact) mass is 309 g/mol. The van der Waals surface area contributed by atoms with Gasteiger partial charge >= 0.3 is 5.97 Å². The zero-order chi connectivity index (χ0) is 15.7. The minimum absolute atomic E-state index is 0.00283. The summed E-state index contributed by atoms with van der Waals surface area (Å²) in [5.41, 5.74) is 7.47. The fourth-order valence-corrected chi connectivity index (χ4v) is 2.93. The summed E-state index contributed by atoms with van der Waals surface area (Å²) in [5.74, 6) is -1.13. The van der Waals surface area contributed by atoms with Gasteiger partial charge in [0.05, 0.1) is 20.7 Å². The van der Waals surface area contributed by atoms with Crippen molar-refractivity contribution in [1.29, 1.82) is 0 Å². The Hall–Kier alpha value is -2.06. The molecule has 0 aliphatic rings. The van der Waals surface area contributed by atoms with Crippen molar-refractivity contribution < 1.29 is 14.8 Å². The van der Waals surface area contributed by atoms with Crippen LogP contribution >= 0.6 is 11.8 Å². The highest BCUT2D eigenvalue weighted by molar-refractivity contribution is 7.98. The van der Waals surface area contributed by atoms with Gasteiger partial charge in [-0.1, -0.05) is 0 Å². The van der Waals surface area contributed by atoms with Gasteiger partial charge < -0.3 is 15.8 Å². The molecule has 1 aromatic heterocycles. The lowest BCUT2D eigenvalue weighted by Crippen LogP contribution is -2.32. The SMILES string of the molecule is CSc1ccc2[nH]c(C)c(CC(N)C(=O)O)c2c1[N+](=O)[O-]. The number of nitrogens with zero attached hydrogens (tertiary/aromatic N) is 1. The summed E-state index contributed by atoms with van der Waals surface area (Å²) < 4.78 is 0. The number of nitro groups is 1. The molecule has 0 spiro atoms. The number of nitro benzene ring substituents is 1. The molecule has 0 aliphatic heterocycles. The maximum absolute atomic E-state index is 11.4. The minimum atomic E-state index is -1.13. The van der Waals surface area contributed by atoms with Crippen LogP contribution < -0.4 is 5.73 Å². The Balaban J connectivity index is 2.72. The van der Waals surface area contributed by atoms with E-state index in [1.807, 2.05) is 0 Å². The normalized spacial score (nSPS) is 12.5. The van der Waals surface area contributed by atoms with E-state index in [0.29, 0.717) is 27.1 Å². The number of aromatic amines is 1. The summed E-state index contributed by atoms with van der Waals surface area (Å²) in [6.07, 6.45) is 1.80. The molecular formula is C13H15N3O4S. The zero-order valence-electron chi connectivity index (χ0n) is 11.5. The second kappa shape index (κ2) is 5.74. The first-order chi connectivity index (χ1) is 9.86. The second-order valence-electron chi connectivity index (χ2n) is 4.67. The molecule has 1 heterocycles. The van der Waals surface area contributed by atoms with Gasteiger partial charge in [-0.05, 0) is 30.9 Å². The quantitative estimate of drug-likeness (QED) is 0.441. The van der Waals surface area contributed by atoms with Crippen molar-refractivity contribution in [3.63, 3.8) is 0 Å². The van der Waals surface area contributed by atoms with Crippen molar-refractivity contribution in [2.24, 2.45) is 5.73 Å². The number of H-pyrrole nitrogens is 1.